The summed E-state index contributed by atoms with van der Waals surface area (Å²) in [6.07, 6.45) is 10.3. The second-order valence-corrected chi connectivity index (χ2v) is 19.3. The van der Waals surface area contributed by atoms with Gasteiger partial charge >= 0.3 is 5.97 Å². The Kier molecular flexibility index (Phi) is 13.7. The zero-order valence-electron chi connectivity index (χ0n) is 39.3. The lowest BCUT2D eigenvalue weighted by Crippen LogP contribution is -2.54. The molecular weight excluding hydrogens is 910 g/mol. The maximum Gasteiger partial charge on any atom is 0.361 e. The van der Waals surface area contributed by atoms with Gasteiger partial charge in [-0.2, -0.15) is 5.10 Å². The quantitative estimate of drug-likeness (QED) is 0.101. The number of esters is 1. The number of benzene rings is 3. The Bertz CT molecular complexity index is 2820. The van der Waals surface area contributed by atoms with Gasteiger partial charge in [-0.15, -0.1) is 0 Å². The molecule has 19 heteroatoms. The van der Waals surface area contributed by atoms with Gasteiger partial charge in [-0.1, -0.05) is 30.3 Å². The molecule has 3 aromatic carbocycles. The lowest BCUT2D eigenvalue weighted by atomic mass is 9.91. The van der Waals surface area contributed by atoms with Crippen molar-refractivity contribution in [1.82, 2.24) is 39.8 Å². The molecule has 4 fully saturated rings. The maximum absolute atomic E-state index is 13.6. The molecule has 10 rings (SSSR count). The van der Waals surface area contributed by atoms with Crippen LogP contribution >= 0.6 is 0 Å². The van der Waals surface area contributed by atoms with Crippen LogP contribution < -0.4 is 21.3 Å². The summed E-state index contributed by atoms with van der Waals surface area (Å²) < 4.78 is 21.2. The number of aromatic nitrogens is 4. The van der Waals surface area contributed by atoms with Gasteiger partial charge < -0.3 is 30.5 Å². The number of ether oxygens (including phenoxy) is 1. The van der Waals surface area contributed by atoms with Crippen molar-refractivity contribution in [2.24, 2.45) is 11.8 Å². The minimum atomic E-state index is -1.36. The van der Waals surface area contributed by atoms with Gasteiger partial charge in [0.2, 0.25) is 17.9 Å². The lowest BCUT2D eigenvalue weighted by molar-refractivity contribution is -0.136. The van der Waals surface area contributed by atoms with Crippen LogP contribution in [0.15, 0.2) is 91.4 Å². The molecule has 0 radical (unpaired) electrons. The third-order valence-corrected chi connectivity index (χ3v) is 14.6. The number of piperidine rings is 4. The monoisotopic (exact) mass is 965 g/mol. The molecule has 5 aliphatic rings. The molecule has 0 aliphatic carbocycles. The van der Waals surface area contributed by atoms with E-state index in [2.05, 4.69) is 40.4 Å². The van der Waals surface area contributed by atoms with Crippen molar-refractivity contribution < 1.29 is 37.9 Å². The van der Waals surface area contributed by atoms with E-state index in [1.54, 1.807) is 48.7 Å². The molecular formula is C52H56FN11O7. The fourth-order valence-corrected chi connectivity index (χ4v) is 10.6. The highest BCUT2D eigenvalue weighted by molar-refractivity contribution is 6.23. The van der Waals surface area contributed by atoms with E-state index >= 15 is 0 Å². The van der Waals surface area contributed by atoms with Crippen molar-refractivity contribution in [3.05, 3.63) is 120 Å². The molecule has 2 atom stereocenters. The van der Waals surface area contributed by atoms with E-state index in [9.17, 15) is 33.2 Å². The smallest absolute Gasteiger partial charge is 0.361 e. The summed E-state index contributed by atoms with van der Waals surface area (Å²) >= 11 is 0. The van der Waals surface area contributed by atoms with Crippen molar-refractivity contribution >= 4 is 52.7 Å². The third kappa shape index (κ3) is 10.4. The molecule has 0 bridgehead atoms. The first-order valence-corrected chi connectivity index (χ1v) is 24.5. The molecule has 0 saturated carbocycles. The Balaban J connectivity index is 0.664. The van der Waals surface area contributed by atoms with Gasteiger partial charge in [-0.05, 0) is 112 Å². The van der Waals surface area contributed by atoms with Crippen molar-refractivity contribution in [2.45, 2.75) is 69.6 Å². The van der Waals surface area contributed by atoms with Crippen LogP contribution in [-0.2, 0) is 19.1 Å². The number of amides is 5. The normalized spacial score (nSPS) is 20.2. The highest BCUT2D eigenvalue weighted by Gasteiger charge is 2.45. The van der Waals surface area contributed by atoms with Gasteiger partial charge in [0.15, 0.2) is 11.5 Å². The summed E-state index contributed by atoms with van der Waals surface area (Å²) in [7, 11) is 0. The highest BCUT2D eigenvalue weighted by atomic mass is 19.1. The van der Waals surface area contributed by atoms with Crippen molar-refractivity contribution in [2.75, 3.05) is 68.3 Å². The number of hydrogen-bond acceptors (Lipinski definition) is 14. The lowest BCUT2D eigenvalue weighted by Gasteiger charge is -2.40. The molecule has 7 heterocycles. The van der Waals surface area contributed by atoms with Crippen molar-refractivity contribution in [1.29, 1.82) is 0 Å². The number of nitrogens with two attached hydrogens (primary N) is 1. The van der Waals surface area contributed by atoms with E-state index in [1.807, 2.05) is 16.9 Å². The zero-order chi connectivity index (χ0) is 49.2. The fraction of sp³-hybridized carbons (Fsp3) is 0.404. The highest BCUT2D eigenvalue weighted by Crippen LogP contribution is 2.34. The summed E-state index contributed by atoms with van der Waals surface area (Å²) in [5, 5.41) is 9.61. The molecule has 5 aromatic rings. The van der Waals surface area contributed by atoms with Crippen LogP contribution in [0.1, 0.15) is 100 Å². The minimum absolute atomic E-state index is 0.0892. The van der Waals surface area contributed by atoms with Crippen LogP contribution in [0.25, 0.3) is 11.3 Å². The number of nitrogen functional groups attached to an aromatic ring is 1. The summed E-state index contributed by atoms with van der Waals surface area (Å²) in [6, 6.07) is 18.4. The van der Waals surface area contributed by atoms with Crippen LogP contribution in [0.2, 0.25) is 0 Å². The first-order valence-electron chi connectivity index (χ1n) is 24.5. The largest absolute Gasteiger partial charge is 0.442 e. The van der Waals surface area contributed by atoms with E-state index in [0.29, 0.717) is 45.5 Å². The van der Waals surface area contributed by atoms with Gasteiger partial charge in [-0.25, -0.2) is 19.2 Å². The number of carbonyl (C=O) groups is 6. The predicted molar refractivity (Wildman–Crippen MR) is 259 cm³/mol. The fourth-order valence-electron chi connectivity index (χ4n) is 10.6. The molecule has 0 spiro atoms. The average molecular weight is 966 g/mol. The number of likely N-dealkylation sites (tertiary alicyclic amines) is 2. The number of nitrogens with one attached hydrogen (secondary N) is 2. The number of nitrogens with zero attached hydrogens (tertiary/aromatic N) is 8. The summed E-state index contributed by atoms with van der Waals surface area (Å²) in [4.78, 5) is 95.0. The van der Waals surface area contributed by atoms with Gasteiger partial charge in [0.25, 0.3) is 17.7 Å². The van der Waals surface area contributed by atoms with Crippen molar-refractivity contribution in [3.8, 4) is 11.3 Å². The topological polar surface area (TPSA) is 218 Å². The zero-order valence-corrected chi connectivity index (χ0v) is 39.3. The number of rotatable bonds is 13. The molecule has 368 valence electrons. The molecule has 1 unspecified atom stereocenters. The number of imide groups is 2. The SMILES string of the molecule is Nc1ncc(-c2cnn(C3CCN(CC4CCN(CC5CCN(c6ccc7c(c6)C(=O)N(C6CCC(=O)NC6=O)C7=O)CC5)CC4)CC3)c2)nc1C(=O)O[C@@H](C(=O)Nc1ccc(F)cc1)c1ccccc1. The van der Waals surface area contributed by atoms with Crippen LogP contribution in [-0.4, -0.2) is 128 Å². The molecule has 18 nitrogen and oxygen atoms in total. The molecule has 5 aliphatic heterocycles. The van der Waals surface area contributed by atoms with Gasteiger partial charge in [0.1, 0.15) is 11.9 Å². The number of halogens is 1. The maximum atomic E-state index is 13.6. The van der Waals surface area contributed by atoms with Crippen LogP contribution in [0, 0.1) is 17.7 Å². The van der Waals surface area contributed by atoms with Crippen LogP contribution in [0.4, 0.5) is 21.6 Å². The first kappa shape index (κ1) is 47.3. The van der Waals surface area contributed by atoms with Gasteiger partial charge in [0.05, 0.1) is 35.3 Å². The standard InChI is InChI=1S/C52H56FN11O7/c53-36-6-8-37(9-7-36)57-49(67)46(34-4-2-1-3-5-34)71-52(70)45-47(54)55-28-42(58-45)35-27-56-63(31-35)38-18-22-61(23-19-38)29-32-14-20-60(21-15-32)30-33-16-24-62(25-17-33)39-10-11-40-41(26-39)51(69)64(50(40)68)43-12-13-44(65)59-48(43)66/h1-11,26-28,31-33,38,43,46H,12-25,29-30H2,(H2,54,55)(H,57,67)(H,59,65,66)/t43?,46-/m1/s1. The Morgan fingerprint density at radius 2 is 1.45 bits per heavy atom. The predicted octanol–water partition coefficient (Wildman–Crippen LogP) is 5.26. The molecule has 4 saturated heterocycles. The van der Waals surface area contributed by atoms with E-state index < -0.39 is 53.5 Å². The Labute approximate surface area is 409 Å². The van der Waals surface area contributed by atoms with Gasteiger partial charge in [0, 0.05) is 74.4 Å². The molecule has 4 N–H and O–H groups in total. The number of anilines is 3. The van der Waals surface area contributed by atoms with Crippen LogP contribution in [0.5, 0.6) is 0 Å². The summed E-state index contributed by atoms with van der Waals surface area (Å²) in [5.74, 6) is -2.90. The number of fused-ring (bicyclic) bond motifs is 1. The van der Waals surface area contributed by atoms with Crippen LogP contribution in [0.3, 0.4) is 0 Å². The number of carbonyl (C=O) groups excluding carboxylic acids is 6. The second-order valence-electron chi connectivity index (χ2n) is 19.3. The summed E-state index contributed by atoms with van der Waals surface area (Å²) in [6.45, 7) is 8.02. The van der Waals surface area contributed by atoms with E-state index in [-0.39, 0.29) is 30.4 Å². The Hall–Kier alpha value is -7.38. The van der Waals surface area contributed by atoms with Gasteiger partial charge in [-0.3, -0.25) is 38.9 Å². The Morgan fingerprint density at radius 3 is 2.14 bits per heavy atom. The van der Waals surface area contributed by atoms with Crippen molar-refractivity contribution in [3.63, 3.8) is 0 Å². The average Bonchev–Trinajstić information content (AvgIpc) is 3.97. The van der Waals surface area contributed by atoms with E-state index in [1.165, 1.54) is 43.3 Å². The van der Waals surface area contributed by atoms with E-state index in [4.69, 9.17) is 10.5 Å². The summed E-state index contributed by atoms with van der Waals surface area (Å²) in [5.41, 5.74) is 9.22. The Morgan fingerprint density at radius 1 is 0.789 bits per heavy atom. The number of hydrogen-bond donors (Lipinski definition) is 3. The van der Waals surface area contributed by atoms with E-state index in [0.717, 1.165) is 88.6 Å². The molecule has 71 heavy (non-hydrogen) atoms. The molecule has 5 amide bonds. The third-order valence-electron chi connectivity index (χ3n) is 14.6. The second kappa shape index (κ2) is 20.5. The first-order chi connectivity index (χ1) is 34.4. The molecule has 2 aromatic heterocycles. The minimum Gasteiger partial charge on any atom is -0.442 e.